The lowest BCUT2D eigenvalue weighted by atomic mass is 9.90. The van der Waals surface area contributed by atoms with Crippen LogP contribution in [0, 0.1) is 17.3 Å². The molecule has 0 unspecified atom stereocenters. The minimum atomic E-state index is -0.279. The molecule has 0 bridgehead atoms. The summed E-state index contributed by atoms with van der Waals surface area (Å²) < 4.78 is 0.603. The number of hydrogen-bond donors (Lipinski definition) is 1. The topological polar surface area (TPSA) is 45.8 Å². The van der Waals surface area contributed by atoms with Crippen LogP contribution in [-0.4, -0.2) is 47.6 Å². The van der Waals surface area contributed by atoms with Crippen molar-refractivity contribution in [1.82, 2.24) is 10.2 Å². The van der Waals surface area contributed by atoms with Crippen LogP contribution < -0.4 is 17.0 Å². The molecule has 1 heterocycles. The predicted molar refractivity (Wildman–Crippen MR) is 76.4 cm³/mol. The van der Waals surface area contributed by atoms with Crippen molar-refractivity contribution in [1.29, 1.82) is 0 Å². The average molecular weight is 342 g/mol. The number of H-pyrrole nitrogens is 1. The molecule has 0 aliphatic heterocycles. The van der Waals surface area contributed by atoms with Crippen LogP contribution in [0.2, 0.25) is 0 Å². The number of Topliss-reactive ketones (excluding diaryl/α,β-unsaturated/α-hetero) is 1. The zero-order valence-corrected chi connectivity index (χ0v) is 14.5. The zero-order valence-electron chi connectivity index (χ0n) is 13.0. The van der Waals surface area contributed by atoms with Crippen LogP contribution in [0.25, 0.3) is 0 Å². The molecule has 1 rings (SSSR count). The lowest BCUT2D eigenvalue weighted by Crippen LogP contribution is -3.00. The third-order valence-corrected chi connectivity index (χ3v) is 2.88. The number of nitrogens with zero attached hydrogens (tertiary/aromatic N) is 2. The molecule has 1 aromatic heterocycles. The smallest absolute Gasteiger partial charge is 0.192 e. The second-order valence-corrected chi connectivity index (χ2v) is 6.54. The molecule has 4 nitrogen and oxygen atoms in total. The highest BCUT2D eigenvalue weighted by Crippen LogP contribution is 2.16. The van der Waals surface area contributed by atoms with Crippen LogP contribution in [0.15, 0.2) is 12.3 Å². The van der Waals surface area contributed by atoms with Crippen LogP contribution in [0.3, 0.4) is 0 Å². The quantitative estimate of drug-likeness (QED) is 0.543. The van der Waals surface area contributed by atoms with Crippen molar-refractivity contribution in [3.63, 3.8) is 0 Å². The van der Waals surface area contributed by atoms with Gasteiger partial charge in [0.1, 0.15) is 13.1 Å². The summed E-state index contributed by atoms with van der Waals surface area (Å²) in [5.41, 5.74) is 0.738. The number of aromatic nitrogens is 2. The van der Waals surface area contributed by atoms with E-state index in [0.29, 0.717) is 24.0 Å². The summed E-state index contributed by atoms with van der Waals surface area (Å²) in [5, 5.41) is 6.75. The largest absolute Gasteiger partial charge is 1.00 e. The van der Waals surface area contributed by atoms with Crippen LogP contribution >= 0.6 is 0 Å². The Morgan fingerprint density at radius 2 is 2.00 bits per heavy atom. The minimum Gasteiger partial charge on any atom is -1.00 e. The molecule has 0 saturated heterocycles. The summed E-state index contributed by atoms with van der Waals surface area (Å²) in [7, 11) is 4.07. The standard InChI is InChI=1S/C15H24N3O.BrH/c1-15(2,3)14(19)12-18(4,5)11-7-6-8-13-9-10-16-17-13;/h9-10H,8,11-12H2,1-5H3,(H,16,17);1H/q+1;/p-1. The fraction of sp³-hybridized carbons (Fsp3) is 0.600. The summed E-state index contributed by atoms with van der Waals surface area (Å²) >= 11 is 0. The Bertz CT molecular complexity index is 475. The lowest BCUT2D eigenvalue weighted by molar-refractivity contribution is -0.875. The molecule has 112 valence electrons. The first-order valence-electron chi connectivity index (χ1n) is 6.50. The van der Waals surface area contributed by atoms with Gasteiger partial charge in [-0.1, -0.05) is 26.7 Å². The molecular formula is C15H24BrN3O. The van der Waals surface area contributed by atoms with Gasteiger partial charge < -0.3 is 21.5 Å². The van der Waals surface area contributed by atoms with Gasteiger partial charge in [0.2, 0.25) is 0 Å². The normalized spacial score (nSPS) is 11.2. The Morgan fingerprint density at radius 3 is 2.50 bits per heavy atom. The zero-order chi connectivity index (χ0) is 14.5. The van der Waals surface area contributed by atoms with E-state index in [4.69, 9.17) is 0 Å². The maximum Gasteiger partial charge on any atom is 0.192 e. The van der Waals surface area contributed by atoms with Crippen molar-refractivity contribution in [2.75, 3.05) is 27.2 Å². The third-order valence-electron chi connectivity index (χ3n) is 2.88. The van der Waals surface area contributed by atoms with Gasteiger partial charge in [0.05, 0.1) is 20.5 Å². The number of carbonyl (C=O) groups is 1. The van der Waals surface area contributed by atoms with Crippen LogP contribution in [-0.2, 0) is 11.2 Å². The number of nitrogens with one attached hydrogen (secondary N) is 1. The Morgan fingerprint density at radius 1 is 1.35 bits per heavy atom. The summed E-state index contributed by atoms with van der Waals surface area (Å²) in [6.45, 7) is 7.07. The monoisotopic (exact) mass is 341 g/mol. The lowest BCUT2D eigenvalue weighted by Gasteiger charge is -2.29. The second-order valence-electron chi connectivity index (χ2n) is 6.54. The molecule has 0 saturated carbocycles. The van der Waals surface area contributed by atoms with Crippen molar-refractivity contribution >= 4 is 5.78 Å². The van der Waals surface area contributed by atoms with Gasteiger partial charge in [-0.2, -0.15) is 5.10 Å². The molecule has 0 radical (unpaired) electrons. The second kappa shape index (κ2) is 7.61. The first-order valence-corrected chi connectivity index (χ1v) is 6.50. The number of hydrogen-bond acceptors (Lipinski definition) is 2. The van der Waals surface area contributed by atoms with Crippen molar-refractivity contribution in [2.24, 2.45) is 5.41 Å². The van der Waals surface area contributed by atoms with E-state index in [1.54, 1.807) is 6.20 Å². The fourth-order valence-electron chi connectivity index (χ4n) is 1.49. The van der Waals surface area contributed by atoms with Gasteiger partial charge in [0, 0.05) is 17.3 Å². The van der Waals surface area contributed by atoms with Gasteiger partial charge >= 0.3 is 0 Å². The van der Waals surface area contributed by atoms with Crippen LogP contribution in [0.5, 0.6) is 0 Å². The van der Waals surface area contributed by atoms with Gasteiger partial charge in [-0.15, -0.1) is 0 Å². The van der Waals surface area contributed by atoms with E-state index in [1.807, 2.05) is 40.9 Å². The number of ketones is 1. The minimum absolute atomic E-state index is 0. The van der Waals surface area contributed by atoms with E-state index in [1.165, 1.54) is 0 Å². The Balaban J connectivity index is 0.00000361. The van der Waals surface area contributed by atoms with Crippen LogP contribution in [0.1, 0.15) is 26.5 Å². The summed E-state index contributed by atoms with van der Waals surface area (Å²) in [4.78, 5) is 12.0. The first-order chi connectivity index (χ1) is 8.71. The van der Waals surface area contributed by atoms with E-state index in [0.717, 1.165) is 5.69 Å². The van der Waals surface area contributed by atoms with E-state index in [2.05, 4.69) is 22.0 Å². The van der Waals surface area contributed by atoms with Crippen molar-refractivity contribution in [3.8, 4) is 11.8 Å². The highest BCUT2D eigenvalue weighted by atomic mass is 79.9. The molecule has 1 aromatic rings. The molecule has 0 atom stereocenters. The molecule has 0 aromatic carbocycles. The van der Waals surface area contributed by atoms with Gasteiger partial charge in [0.25, 0.3) is 0 Å². The first kappa shape index (κ1) is 18.9. The van der Waals surface area contributed by atoms with Crippen molar-refractivity contribution in [3.05, 3.63) is 18.0 Å². The maximum absolute atomic E-state index is 12.0. The van der Waals surface area contributed by atoms with Crippen LogP contribution in [0.4, 0.5) is 0 Å². The number of quaternary nitrogens is 1. The maximum atomic E-state index is 12.0. The van der Waals surface area contributed by atoms with Gasteiger partial charge in [-0.25, -0.2) is 0 Å². The molecule has 0 aliphatic rings. The Labute approximate surface area is 132 Å². The SMILES string of the molecule is CC(C)(C)C(=O)C[N+](C)(C)CC#CCc1ccn[nH]1.[Br-]. The van der Waals surface area contributed by atoms with Gasteiger partial charge in [-0.3, -0.25) is 9.89 Å². The Hall–Kier alpha value is -1.12. The van der Waals surface area contributed by atoms with E-state index < -0.39 is 0 Å². The molecule has 0 spiro atoms. The molecular weight excluding hydrogens is 318 g/mol. The summed E-state index contributed by atoms with van der Waals surface area (Å²) in [5.74, 6) is 6.52. The summed E-state index contributed by atoms with van der Waals surface area (Å²) in [6, 6.07) is 1.91. The average Bonchev–Trinajstić information content (AvgIpc) is 2.75. The van der Waals surface area contributed by atoms with Gasteiger partial charge in [0.15, 0.2) is 5.78 Å². The van der Waals surface area contributed by atoms with E-state index >= 15 is 0 Å². The van der Waals surface area contributed by atoms with E-state index in [-0.39, 0.29) is 28.2 Å². The van der Waals surface area contributed by atoms with Gasteiger partial charge in [-0.05, 0) is 12.0 Å². The van der Waals surface area contributed by atoms with Crippen molar-refractivity contribution < 1.29 is 26.3 Å². The van der Waals surface area contributed by atoms with Crippen molar-refractivity contribution in [2.45, 2.75) is 27.2 Å². The highest BCUT2D eigenvalue weighted by molar-refractivity contribution is 5.84. The fourth-order valence-corrected chi connectivity index (χ4v) is 1.49. The molecule has 0 fully saturated rings. The molecule has 1 N–H and O–H groups in total. The number of likely N-dealkylation sites (N-methyl/N-ethyl adjacent to an activating group) is 1. The predicted octanol–water partition coefficient (Wildman–Crippen LogP) is -1.35. The molecule has 0 aliphatic carbocycles. The number of halogens is 1. The Kier molecular flexibility index (Phi) is 7.18. The third kappa shape index (κ3) is 6.88. The number of aromatic amines is 1. The van der Waals surface area contributed by atoms with E-state index in [9.17, 15) is 4.79 Å². The highest BCUT2D eigenvalue weighted by Gasteiger charge is 2.28. The molecule has 20 heavy (non-hydrogen) atoms. The number of rotatable bonds is 4. The molecule has 0 amide bonds. The number of carbonyl (C=O) groups excluding carboxylic acids is 1. The summed E-state index contributed by atoms with van der Waals surface area (Å²) in [6.07, 6.45) is 2.40. The molecule has 5 heteroatoms.